The van der Waals surface area contributed by atoms with E-state index in [9.17, 15) is 9.18 Å². The highest BCUT2D eigenvalue weighted by Gasteiger charge is 2.34. The Morgan fingerprint density at radius 3 is 2.54 bits per heavy atom. The highest BCUT2D eigenvalue weighted by molar-refractivity contribution is 5.75. The highest BCUT2D eigenvalue weighted by atomic mass is 19.1. The van der Waals surface area contributed by atoms with Gasteiger partial charge in [0.1, 0.15) is 6.54 Å². The number of nitrogens with zero attached hydrogens (tertiary/aromatic N) is 7. The van der Waals surface area contributed by atoms with Crippen LogP contribution in [0.15, 0.2) is 41.2 Å². The minimum atomic E-state index is -0.651. The number of amides is 1. The number of nitrogen functional groups attached to an aromatic ring is 1. The summed E-state index contributed by atoms with van der Waals surface area (Å²) in [5.41, 5.74) is 8.08. The molecule has 0 radical (unpaired) electrons. The van der Waals surface area contributed by atoms with Crippen LogP contribution in [0.4, 0.5) is 10.3 Å². The van der Waals surface area contributed by atoms with Crippen LogP contribution in [0.25, 0.3) is 22.6 Å². The number of benzene rings is 1. The van der Waals surface area contributed by atoms with E-state index >= 15 is 0 Å². The quantitative estimate of drug-likeness (QED) is 0.337. The standard InChI is InChI=1S/C26H31FN8O2/c1-6-7-12-26(3,19-10-8-17(9-11-19)21-16(2)30-25(28)31-22(21)27)24-32-23(37-33-24)18-13-29-35(14-18)15-20(36)34(4)5/h8-11,13-14H,6-7,12,15H2,1-5H3,(H2,28,30,31)/t26-/m1/s1. The molecule has 0 aliphatic heterocycles. The van der Waals surface area contributed by atoms with E-state index in [1.807, 2.05) is 24.3 Å². The van der Waals surface area contributed by atoms with Gasteiger partial charge >= 0.3 is 0 Å². The zero-order chi connectivity index (χ0) is 26.7. The third-order valence-electron chi connectivity index (χ3n) is 6.50. The van der Waals surface area contributed by atoms with E-state index < -0.39 is 11.4 Å². The van der Waals surface area contributed by atoms with E-state index in [4.69, 9.17) is 15.2 Å². The number of carbonyl (C=O) groups is 1. The summed E-state index contributed by atoms with van der Waals surface area (Å²) in [5.74, 6) is 0.0538. The summed E-state index contributed by atoms with van der Waals surface area (Å²) >= 11 is 0. The summed E-state index contributed by atoms with van der Waals surface area (Å²) < 4.78 is 21.7. The first-order valence-corrected chi connectivity index (χ1v) is 12.1. The predicted octanol–water partition coefficient (Wildman–Crippen LogP) is 4.00. The van der Waals surface area contributed by atoms with Crippen molar-refractivity contribution in [2.75, 3.05) is 19.8 Å². The number of halogens is 1. The number of unbranched alkanes of at least 4 members (excludes halogenated alkanes) is 1. The van der Waals surface area contributed by atoms with E-state index in [1.54, 1.807) is 38.1 Å². The zero-order valence-electron chi connectivity index (χ0n) is 21.7. The van der Waals surface area contributed by atoms with Crippen LogP contribution in [0.1, 0.15) is 50.2 Å². The van der Waals surface area contributed by atoms with Gasteiger partial charge < -0.3 is 15.2 Å². The van der Waals surface area contributed by atoms with Crippen molar-refractivity contribution in [3.05, 3.63) is 59.7 Å². The number of anilines is 1. The van der Waals surface area contributed by atoms with Crippen LogP contribution in [0.5, 0.6) is 0 Å². The number of carbonyl (C=O) groups excluding carboxylic acids is 1. The molecule has 0 spiro atoms. The zero-order valence-corrected chi connectivity index (χ0v) is 21.7. The lowest BCUT2D eigenvalue weighted by Crippen LogP contribution is -2.26. The van der Waals surface area contributed by atoms with Crippen LogP contribution in [-0.2, 0) is 16.8 Å². The Morgan fingerprint density at radius 2 is 1.89 bits per heavy atom. The molecule has 0 saturated carbocycles. The van der Waals surface area contributed by atoms with Crippen molar-refractivity contribution in [3.8, 4) is 22.6 Å². The molecule has 0 bridgehead atoms. The maximum atomic E-state index is 14.5. The summed E-state index contributed by atoms with van der Waals surface area (Å²) in [6.07, 6.45) is 6.05. The maximum absolute atomic E-state index is 14.5. The Bertz CT molecular complexity index is 1370. The summed E-state index contributed by atoms with van der Waals surface area (Å²) in [5, 5.41) is 8.56. The molecule has 3 heterocycles. The van der Waals surface area contributed by atoms with Crippen molar-refractivity contribution in [3.63, 3.8) is 0 Å². The van der Waals surface area contributed by atoms with Crippen LogP contribution in [0.2, 0.25) is 0 Å². The summed E-state index contributed by atoms with van der Waals surface area (Å²) in [7, 11) is 3.39. The number of aromatic nitrogens is 6. The molecular formula is C26H31FN8O2. The van der Waals surface area contributed by atoms with Gasteiger partial charge in [0.2, 0.25) is 17.8 Å². The van der Waals surface area contributed by atoms with Crippen LogP contribution >= 0.6 is 0 Å². The van der Waals surface area contributed by atoms with Crippen LogP contribution in [0.3, 0.4) is 0 Å². The van der Waals surface area contributed by atoms with E-state index in [0.29, 0.717) is 34.1 Å². The molecule has 0 fully saturated rings. The fraction of sp³-hybridized carbons (Fsp3) is 0.385. The predicted molar refractivity (Wildman–Crippen MR) is 137 cm³/mol. The molecule has 1 aromatic carbocycles. The van der Waals surface area contributed by atoms with Gasteiger partial charge in [-0.15, -0.1) is 0 Å². The van der Waals surface area contributed by atoms with Gasteiger partial charge in [-0.2, -0.15) is 19.5 Å². The molecule has 4 aromatic rings. The SMILES string of the molecule is CCCC[C@](C)(c1ccc(-c2c(C)nc(N)nc2F)cc1)c1noc(-c2cnn(CC(=O)N(C)C)c2)n1. The first kappa shape index (κ1) is 25.9. The van der Waals surface area contributed by atoms with E-state index in [1.165, 1.54) is 4.90 Å². The smallest absolute Gasteiger partial charge is 0.261 e. The third-order valence-corrected chi connectivity index (χ3v) is 6.50. The second-order valence-corrected chi connectivity index (χ2v) is 9.48. The van der Waals surface area contributed by atoms with Crippen LogP contribution < -0.4 is 5.73 Å². The Kier molecular flexibility index (Phi) is 7.33. The molecule has 0 saturated heterocycles. The lowest BCUT2D eigenvalue weighted by molar-refractivity contribution is -0.129. The largest absolute Gasteiger partial charge is 0.368 e. The number of rotatable bonds is 9. The van der Waals surface area contributed by atoms with Crippen molar-refractivity contribution < 1.29 is 13.7 Å². The van der Waals surface area contributed by atoms with E-state index in [-0.39, 0.29) is 18.4 Å². The van der Waals surface area contributed by atoms with Gasteiger partial charge in [0.05, 0.1) is 28.4 Å². The van der Waals surface area contributed by atoms with Crippen molar-refractivity contribution >= 4 is 11.9 Å². The molecule has 0 unspecified atom stereocenters. The molecule has 37 heavy (non-hydrogen) atoms. The topological polar surface area (TPSA) is 129 Å². The lowest BCUT2D eigenvalue weighted by Gasteiger charge is -2.27. The first-order chi connectivity index (χ1) is 17.6. The molecule has 11 heteroatoms. The Balaban J connectivity index is 1.64. The lowest BCUT2D eigenvalue weighted by atomic mass is 9.77. The van der Waals surface area contributed by atoms with Gasteiger partial charge in [-0.05, 0) is 31.4 Å². The molecule has 194 valence electrons. The molecule has 10 nitrogen and oxygen atoms in total. The summed E-state index contributed by atoms with van der Waals surface area (Å²) in [6.45, 7) is 6.02. The number of hydrogen-bond donors (Lipinski definition) is 1. The van der Waals surface area contributed by atoms with Gasteiger partial charge in [-0.3, -0.25) is 9.48 Å². The molecular weight excluding hydrogens is 475 g/mol. The normalized spacial score (nSPS) is 12.9. The molecule has 0 aliphatic rings. The van der Waals surface area contributed by atoms with Crippen LogP contribution in [-0.4, -0.2) is 54.8 Å². The minimum Gasteiger partial charge on any atom is -0.368 e. The van der Waals surface area contributed by atoms with Crippen molar-refractivity contribution in [1.29, 1.82) is 0 Å². The number of aryl methyl sites for hydroxylation is 1. The molecule has 2 N–H and O–H groups in total. The Hall–Kier alpha value is -4.15. The highest BCUT2D eigenvalue weighted by Crippen LogP contribution is 2.37. The van der Waals surface area contributed by atoms with Crippen molar-refractivity contribution in [1.82, 2.24) is 34.8 Å². The van der Waals surface area contributed by atoms with Crippen molar-refractivity contribution in [2.45, 2.75) is 52.0 Å². The molecule has 1 atom stereocenters. The van der Waals surface area contributed by atoms with Gasteiger partial charge in [-0.1, -0.05) is 49.2 Å². The number of hydrogen-bond acceptors (Lipinski definition) is 8. The fourth-order valence-electron chi connectivity index (χ4n) is 4.21. The Morgan fingerprint density at radius 1 is 1.16 bits per heavy atom. The molecule has 1 amide bonds. The maximum Gasteiger partial charge on any atom is 0.261 e. The fourth-order valence-corrected chi connectivity index (χ4v) is 4.21. The number of likely N-dealkylation sites (N-methyl/N-ethyl adjacent to an activating group) is 1. The van der Waals surface area contributed by atoms with Crippen molar-refractivity contribution in [2.24, 2.45) is 0 Å². The second kappa shape index (κ2) is 10.5. The second-order valence-electron chi connectivity index (χ2n) is 9.48. The third kappa shape index (κ3) is 5.35. The number of nitrogens with two attached hydrogens (primary N) is 1. The molecule has 0 aliphatic carbocycles. The monoisotopic (exact) mass is 506 g/mol. The van der Waals surface area contributed by atoms with Crippen LogP contribution in [0, 0.1) is 12.9 Å². The average molecular weight is 507 g/mol. The Labute approximate surface area is 214 Å². The van der Waals surface area contributed by atoms with Gasteiger partial charge in [0, 0.05) is 20.3 Å². The van der Waals surface area contributed by atoms with Gasteiger partial charge in [0.25, 0.3) is 5.89 Å². The molecule has 4 rings (SSSR count). The summed E-state index contributed by atoms with van der Waals surface area (Å²) in [4.78, 5) is 26.0. The molecule has 3 aromatic heterocycles. The van der Waals surface area contributed by atoms with Gasteiger partial charge in [0.15, 0.2) is 5.82 Å². The first-order valence-electron chi connectivity index (χ1n) is 12.1. The van der Waals surface area contributed by atoms with Gasteiger partial charge in [-0.25, -0.2) is 4.98 Å². The van der Waals surface area contributed by atoms with E-state index in [2.05, 4.69) is 34.1 Å². The van der Waals surface area contributed by atoms with E-state index in [0.717, 1.165) is 24.8 Å². The minimum absolute atomic E-state index is 0.0722. The average Bonchev–Trinajstić information content (AvgIpc) is 3.52. The summed E-state index contributed by atoms with van der Waals surface area (Å²) in [6, 6.07) is 7.58.